The first kappa shape index (κ1) is 15.5. The van der Waals surface area contributed by atoms with Gasteiger partial charge in [0.1, 0.15) is 11.6 Å². The second kappa shape index (κ2) is 7.78. The molecule has 0 aliphatic carbocycles. The fourth-order valence-corrected chi connectivity index (χ4v) is 2.04. The van der Waals surface area contributed by atoms with E-state index in [0.717, 1.165) is 32.5 Å². The number of hydrogen-bond acceptors (Lipinski definition) is 6. The minimum Gasteiger partial charge on any atom is -0.383 e. The minimum absolute atomic E-state index is 0.206. The summed E-state index contributed by atoms with van der Waals surface area (Å²) in [7, 11) is 0. The van der Waals surface area contributed by atoms with Crippen LogP contribution in [0, 0.1) is 0 Å². The predicted octanol–water partition coefficient (Wildman–Crippen LogP) is 1.56. The van der Waals surface area contributed by atoms with Crippen molar-refractivity contribution < 1.29 is 0 Å². The lowest BCUT2D eigenvalue weighted by Gasteiger charge is -2.20. The highest BCUT2D eigenvalue weighted by Gasteiger charge is 2.06. The molecule has 0 radical (unpaired) electrons. The number of nitrogen functional groups attached to an aromatic ring is 2. The van der Waals surface area contributed by atoms with Crippen LogP contribution in [-0.4, -0.2) is 40.5 Å². The predicted molar refractivity (Wildman–Crippen MR) is 81.0 cm³/mol. The van der Waals surface area contributed by atoms with Crippen LogP contribution in [0.2, 0.25) is 0 Å². The third kappa shape index (κ3) is 5.74. The van der Waals surface area contributed by atoms with Gasteiger partial charge < -0.3 is 21.7 Å². The number of anilines is 3. The molecular formula is C13H26N6. The molecule has 0 amide bonds. The molecule has 0 fully saturated rings. The molecule has 1 rings (SSSR count). The average molecular weight is 266 g/mol. The first-order valence-electron chi connectivity index (χ1n) is 6.94. The molecule has 0 saturated heterocycles. The molecule has 0 bridgehead atoms. The molecule has 1 atom stereocenters. The Morgan fingerprint density at radius 1 is 1.26 bits per heavy atom. The van der Waals surface area contributed by atoms with Gasteiger partial charge in [-0.05, 0) is 39.4 Å². The number of nitrogens with two attached hydrogens (primary N) is 2. The summed E-state index contributed by atoms with van der Waals surface area (Å²) >= 11 is 0. The van der Waals surface area contributed by atoms with Crippen LogP contribution in [0.1, 0.15) is 33.6 Å². The lowest BCUT2D eigenvalue weighted by atomic mass is 10.1. The quantitative estimate of drug-likeness (QED) is 0.661. The number of nitrogens with one attached hydrogen (secondary N) is 1. The van der Waals surface area contributed by atoms with Gasteiger partial charge >= 0.3 is 0 Å². The Morgan fingerprint density at radius 2 is 1.95 bits per heavy atom. The van der Waals surface area contributed by atoms with Gasteiger partial charge in [0.05, 0.1) is 0 Å². The standard InChI is InChI=1S/C13H26N6/c1-4-19(5-2)8-6-7-10(3)16-12-9-11(14)17-13(15)18-12/h9-10H,4-8H2,1-3H3,(H5,14,15,16,17,18). The molecule has 0 aliphatic rings. The molecular weight excluding hydrogens is 240 g/mol. The zero-order valence-corrected chi connectivity index (χ0v) is 12.2. The van der Waals surface area contributed by atoms with Crippen LogP contribution in [0.4, 0.5) is 17.6 Å². The lowest BCUT2D eigenvalue weighted by Crippen LogP contribution is -2.25. The van der Waals surface area contributed by atoms with E-state index < -0.39 is 0 Å². The number of nitrogens with zero attached hydrogens (tertiary/aromatic N) is 3. The van der Waals surface area contributed by atoms with Crippen molar-refractivity contribution in [1.29, 1.82) is 0 Å². The summed E-state index contributed by atoms with van der Waals surface area (Å²) in [5, 5.41) is 3.30. The summed E-state index contributed by atoms with van der Waals surface area (Å²) in [6, 6.07) is 2.04. The van der Waals surface area contributed by atoms with Crippen LogP contribution in [-0.2, 0) is 0 Å². The number of rotatable bonds is 8. The van der Waals surface area contributed by atoms with E-state index in [4.69, 9.17) is 11.5 Å². The van der Waals surface area contributed by atoms with E-state index in [1.807, 2.05) is 0 Å². The zero-order chi connectivity index (χ0) is 14.3. The van der Waals surface area contributed by atoms with E-state index in [2.05, 4.69) is 41.0 Å². The Hall–Kier alpha value is -1.56. The molecule has 1 unspecified atom stereocenters. The Labute approximate surface area is 115 Å². The summed E-state index contributed by atoms with van der Waals surface area (Å²) in [4.78, 5) is 10.4. The maximum atomic E-state index is 5.63. The van der Waals surface area contributed by atoms with Crippen LogP contribution < -0.4 is 16.8 Å². The molecule has 108 valence electrons. The van der Waals surface area contributed by atoms with E-state index in [1.165, 1.54) is 0 Å². The van der Waals surface area contributed by atoms with Gasteiger partial charge in [-0.3, -0.25) is 0 Å². The van der Waals surface area contributed by atoms with E-state index in [0.29, 0.717) is 17.7 Å². The summed E-state index contributed by atoms with van der Waals surface area (Å²) in [6.45, 7) is 9.87. The average Bonchev–Trinajstić information content (AvgIpc) is 2.33. The van der Waals surface area contributed by atoms with Gasteiger partial charge in [-0.15, -0.1) is 0 Å². The topological polar surface area (TPSA) is 93.1 Å². The largest absolute Gasteiger partial charge is 0.383 e. The van der Waals surface area contributed by atoms with Crippen molar-refractivity contribution in [3.63, 3.8) is 0 Å². The first-order valence-corrected chi connectivity index (χ1v) is 6.94. The molecule has 0 aliphatic heterocycles. The van der Waals surface area contributed by atoms with Gasteiger partial charge in [0.2, 0.25) is 5.95 Å². The normalized spacial score (nSPS) is 12.6. The lowest BCUT2D eigenvalue weighted by molar-refractivity contribution is 0.295. The molecule has 1 heterocycles. The molecule has 6 nitrogen and oxygen atoms in total. The van der Waals surface area contributed by atoms with Gasteiger partial charge in [0.15, 0.2) is 0 Å². The van der Waals surface area contributed by atoms with E-state index in [1.54, 1.807) is 6.07 Å². The van der Waals surface area contributed by atoms with Crippen molar-refractivity contribution in [2.75, 3.05) is 36.4 Å². The van der Waals surface area contributed by atoms with Crippen molar-refractivity contribution >= 4 is 17.6 Å². The maximum Gasteiger partial charge on any atom is 0.223 e. The van der Waals surface area contributed by atoms with Gasteiger partial charge in [-0.2, -0.15) is 9.97 Å². The summed E-state index contributed by atoms with van der Waals surface area (Å²) in [5.74, 6) is 1.29. The van der Waals surface area contributed by atoms with Gasteiger partial charge in [-0.25, -0.2) is 0 Å². The summed E-state index contributed by atoms with van der Waals surface area (Å²) < 4.78 is 0. The fraction of sp³-hybridized carbons (Fsp3) is 0.692. The Kier molecular flexibility index (Phi) is 6.35. The Morgan fingerprint density at radius 3 is 2.53 bits per heavy atom. The molecule has 5 N–H and O–H groups in total. The van der Waals surface area contributed by atoms with Gasteiger partial charge in [0.25, 0.3) is 0 Å². The van der Waals surface area contributed by atoms with Crippen molar-refractivity contribution in [2.45, 2.75) is 39.7 Å². The number of hydrogen-bond donors (Lipinski definition) is 3. The maximum absolute atomic E-state index is 5.63. The van der Waals surface area contributed by atoms with E-state index in [9.17, 15) is 0 Å². The smallest absolute Gasteiger partial charge is 0.223 e. The molecule has 1 aromatic heterocycles. The SMILES string of the molecule is CCN(CC)CCCC(C)Nc1cc(N)nc(N)n1. The van der Waals surface area contributed by atoms with Crippen LogP contribution in [0.3, 0.4) is 0 Å². The number of aromatic nitrogens is 2. The Bertz CT molecular complexity index is 357. The van der Waals surface area contributed by atoms with Crippen molar-refractivity contribution in [1.82, 2.24) is 14.9 Å². The van der Waals surface area contributed by atoms with Gasteiger partial charge in [0, 0.05) is 12.1 Å². The molecule has 1 aromatic rings. The third-order valence-electron chi connectivity index (χ3n) is 3.16. The van der Waals surface area contributed by atoms with Crippen molar-refractivity contribution in [3.8, 4) is 0 Å². The van der Waals surface area contributed by atoms with E-state index in [-0.39, 0.29) is 5.95 Å². The highest BCUT2D eigenvalue weighted by molar-refractivity contribution is 5.48. The highest BCUT2D eigenvalue weighted by Crippen LogP contribution is 2.12. The van der Waals surface area contributed by atoms with Crippen LogP contribution in [0.25, 0.3) is 0 Å². The van der Waals surface area contributed by atoms with Gasteiger partial charge in [-0.1, -0.05) is 13.8 Å². The monoisotopic (exact) mass is 266 g/mol. The highest BCUT2D eigenvalue weighted by atomic mass is 15.1. The van der Waals surface area contributed by atoms with E-state index >= 15 is 0 Å². The second-order valence-corrected chi connectivity index (χ2v) is 4.75. The minimum atomic E-state index is 0.206. The molecule has 19 heavy (non-hydrogen) atoms. The fourth-order valence-electron chi connectivity index (χ4n) is 2.04. The second-order valence-electron chi connectivity index (χ2n) is 4.75. The van der Waals surface area contributed by atoms with Crippen molar-refractivity contribution in [3.05, 3.63) is 6.07 Å². The summed E-state index contributed by atoms with van der Waals surface area (Å²) in [6.07, 6.45) is 2.24. The third-order valence-corrected chi connectivity index (χ3v) is 3.16. The van der Waals surface area contributed by atoms with Crippen LogP contribution in [0.15, 0.2) is 6.07 Å². The first-order chi connectivity index (χ1) is 9.05. The Balaban J connectivity index is 2.36. The van der Waals surface area contributed by atoms with Crippen molar-refractivity contribution in [2.24, 2.45) is 0 Å². The molecule has 0 spiro atoms. The zero-order valence-electron chi connectivity index (χ0n) is 12.2. The van der Waals surface area contributed by atoms with Crippen LogP contribution >= 0.6 is 0 Å². The molecule has 0 aromatic carbocycles. The molecule has 6 heteroatoms. The van der Waals surface area contributed by atoms with Crippen LogP contribution in [0.5, 0.6) is 0 Å². The summed E-state index contributed by atoms with van der Waals surface area (Å²) in [5.41, 5.74) is 11.2. The molecule has 0 saturated carbocycles.